The van der Waals surface area contributed by atoms with Crippen molar-refractivity contribution in [1.82, 2.24) is 0 Å². The van der Waals surface area contributed by atoms with Crippen molar-refractivity contribution in [1.29, 1.82) is 0 Å². The maximum absolute atomic E-state index is 5.52. The van der Waals surface area contributed by atoms with Crippen LogP contribution in [0, 0.1) is 0 Å². The van der Waals surface area contributed by atoms with Crippen molar-refractivity contribution in [3.05, 3.63) is 29.6 Å². The predicted octanol–water partition coefficient (Wildman–Crippen LogP) is 4.10. The molecule has 0 fully saturated rings. The summed E-state index contributed by atoms with van der Waals surface area (Å²) < 4.78 is 12.4. The highest BCUT2D eigenvalue weighted by molar-refractivity contribution is 7.17. The van der Waals surface area contributed by atoms with E-state index in [1.54, 1.807) is 11.3 Å². The lowest BCUT2D eigenvalue weighted by Crippen LogP contribution is -2.21. The highest BCUT2D eigenvalue weighted by Crippen LogP contribution is 2.23. The second-order valence-electron chi connectivity index (χ2n) is 4.23. The average Bonchev–Trinajstić information content (AvgIpc) is 2.86. The average molecular weight is 279 g/mol. The van der Waals surface area contributed by atoms with Crippen molar-refractivity contribution in [3.8, 4) is 0 Å². The van der Waals surface area contributed by atoms with Gasteiger partial charge in [-0.25, -0.2) is 0 Å². The fraction of sp³-hybridized carbons (Fsp3) is 0.467. The Morgan fingerprint density at radius 3 is 2.68 bits per heavy atom. The van der Waals surface area contributed by atoms with E-state index in [1.807, 2.05) is 13.8 Å². The molecule has 1 N–H and O–H groups in total. The van der Waals surface area contributed by atoms with Crippen LogP contribution in [0.1, 0.15) is 20.3 Å². The van der Waals surface area contributed by atoms with Crippen LogP contribution in [0.15, 0.2) is 29.6 Å². The fourth-order valence-corrected chi connectivity index (χ4v) is 2.77. The van der Waals surface area contributed by atoms with Gasteiger partial charge < -0.3 is 14.8 Å². The number of benzene rings is 1. The molecule has 1 aromatic carbocycles. The molecule has 0 aliphatic rings. The zero-order chi connectivity index (χ0) is 13.5. The molecule has 2 aromatic rings. The summed E-state index contributed by atoms with van der Waals surface area (Å²) in [6.07, 6.45) is 0.746. The summed E-state index contributed by atoms with van der Waals surface area (Å²) in [6, 6.07) is 8.61. The number of anilines is 1. The van der Waals surface area contributed by atoms with Crippen molar-refractivity contribution >= 4 is 27.1 Å². The van der Waals surface area contributed by atoms with Crippen LogP contribution in [-0.2, 0) is 9.47 Å². The molecule has 0 bridgehead atoms. The van der Waals surface area contributed by atoms with Gasteiger partial charge in [0, 0.05) is 36.6 Å². The summed E-state index contributed by atoms with van der Waals surface area (Å²) in [5, 5.41) is 6.83. The number of hydrogen-bond acceptors (Lipinski definition) is 4. The maximum Gasteiger partial charge on any atom is 0.159 e. The maximum atomic E-state index is 5.52. The van der Waals surface area contributed by atoms with Crippen molar-refractivity contribution < 1.29 is 9.47 Å². The van der Waals surface area contributed by atoms with E-state index in [4.69, 9.17) is 9.47 Å². The van der Waals surface area contributed by atoms with E-state index in [-0.39, 0.29) is 6.29 Å². The lowest BCUT2D eigenvalue weighted by atomic mass is 10.2. The molecule has 0 atom stereocenters. The molecule has 2 rings (SSSR count). The number of rotatable bonds is 8. The number of hydrogen-bond donors (Lipinski definition) is 1. The normalized spacial score (nSPS) is 11.3. The van der Waals surface area contributed by atoms with Crippen molar-refractivity contribution in [2.24, 2.45) is 0 Å². The third-order valence-electron chi connectivity index (χ3n) is 2.87. The zero-order valence-corrected chi connectivity index (χ0v) is 12.3. The minimum absolute atomic E-state index is 0.104. The molecule has 1 heterocycles. The number of nitrogens with one attached hydrogen (secondary N) is 1. The lowest BCUT2D eigenvalue weighted by molar-refractivity contribution is -0.137. The van der Waals surface area contributed by atoms with Crippen molar-refractivity contribution in [2.75, 3.05) is 25.1 Å². The van der Waals surface area contributed by atoms with Crippen LogP contribution in [0.3, 0.4) is 0 Å². The molecule has 3 nitrogen and oxygen atoms in total. The number of ether oxygens (including phenoxy) is 2. The molecule has 0 spiro atoms. The largest absolute Gasteiger partial charge is 0.385 e. The standard InChI is InChI=1S/C15H21NO2S/c1-3-17-15(18-4-2)7-9-16-13-5-6-14-12(11-13)8-10-19-14/h5-6,8,10-11,15-16H,3-4,7,9H2,1-2H3. The van der Waals surface area contributed by atoms with Crippen LogP contribution in [0.5, 0.6) is 0 Å². The van der Waals surface area contributed by atoms with Crippen LogP contribution in [-0.4, -0.2) is 26.0 Å². The first-order valence-electron chi connectivity index (χ1n) is 6.77. The molecule has 104 valence electrons. The van der Waals surface area contributed by atoms with Crippen LogP contribution in [0.4, 0.5) is 5.69 Å². The summed E-state index contributed by atoms with van der Waals surface area (Å²) in [7, 11) is 0. The van der Waals surface area contributed by atoms with Crippen LogP contribution in [0.2, 0.25) is 0 Å². The first-order chi connectivity index (χ1) is 9.33. The van der Waals surface area contributed by atoms with E-state index >= 15 is 0 Å². The summed E-state index contributed by atoms with van der Waals surface area (Å²) >= 11 is 1.77. The molecule has 0 aliphatic heterocycles. The molecule has 0 saturated carbocycles. The highest BCUT2D eigenvalue weighted by atomic mass is 32.1. The van der Waals surface area contributed by atoms with E-state index in [0.29, 0.717) is 13.2 Å². The summed E-state index contributed by atoms with van der Waals surface area (Å²) in [5.41, 5.74) is 1.15. The van der Waals surface area contributed by atoms with Gasteiger partial charge in [0.2, 0.25) is 0 Å². The second-order valence-corrected chi connectivity index (χ2v) is 5.18. The van der Waals surface area contributed by atoms with E-state index < -0.39 is 0 Å². The quantitative estimate of drug-likeness (QED) is 0.738. The molecule has 0 aliphatic carbocycles. The van der Waals surface area contributed by atoms with Crippen LogP contribution >= 0.6 is 11.3 Å². The third-order valence-corrected chi connectivity index (χ3v) is 3.76. The van der Waals surface area contributed by atoms with Gasteiger partial charge in [0.15, 0.2) is 6.29 Å². The molecular formula is C15H21NO2S. The first-order valence-corrected chi connectivity index (χ1v) is 7.65. The Hall–Kier alpha value is -1.10. The number of thiophene rings is 1. The Bertz CT molecular complexity index is 492. The van der Waals surface area contributed by atoms with Crippen molar-refractivity contribution in [3.63, 3.8) is 0 Å². The summed E-state index contributed by atoms with van der Waals surface area (Å²) in [4.78, 5) is 0. The van der Waals surface area contributed by atoms with Gasteiger partial charge in [-0.3, -0.25) is 0 Å². The smallest absolute Gasteiger partial charge is 0.159 e. The van der Waals surface area contributed by atoms with Crippen LogP contribution < -0.4 is 5.32 Å². The van der Waals surface area contributed by atoms with Gasteiger partial charge in [0.05, 0.1) is 0 Å². The van der Waals surface area contributed by atoms with Gasteiger partial charge in [0.25, 0.3) is 0 Å². The SMILES string of the molecule is CCOC(CCNc1ccc2sccc2c1)OCC. The Balaban J connectivity index is 1.83. The molecule has 4 heteroatoms. The second kappa shape index (κ2) is 7.48. The van der Waals surface area contributed by atoms with E-state index in [9.17, 15) is 0 Å². The van der Waals surface area contributed by atoms with Gasteiger partial charge >= 0.3 is 0 Å². The number of fused-ring (bicyclic) bond motifs is 1. The molecule has 0 unspecified atom stereocenters. The zero-order valence-electron chi connectivity index (χ0n) is 11.5. The fourth-order valence-electron chi connectivity index (χ4n) is 2.00. The van der Waals surface area contributed by atoms with Gasteiger partial charge in [-0.2, -0.15) is 0 Å². The minimum atomic E-state index is -0.104. The molecule has 19 heavy (non-hydrogen) atoms. The molecule has 0 radical (unpaired) electrons. The van der Waals surface area contributed by atoms with Gasteiger partial charge in [0.1, 0.15) is 0 Å². The monoisotopic (exact) mass is 279 g/mol. The van der Waals surface area contributed by atoms with E-state index in [0.717, 1.165) is 18.7 Å². The Labute approximate surface area is 118 Å². The third kappa shape index (κ3) is 4.20. The van der Waals surface area contributed by atoms with E-state index in [2.05, 4.69) is 35.0 Å². The minimum Gasteiger partial charge on any atom is -0.385 e. The summed E-state index contributed by atoms with van der Waals surface area (Å²) in [6.45, 7) is 6.20. The topological polar surface area (TPSA) is 30.5 Å². The first kappa shape index (κ1) is 14.3. The molecular weight excluding hydrogens is 258 g/mol. The van der Waals surface area contributed by atoms with Gasteiger partial charge in [-0.15, -0.1) is 11.3 Å². The Kier molecular flexibility index (Phi) is 5.63. The predicted molar refractivity (Wildman–Crippen MR) is 82.0 cm³/mol. The Morgan fingerprint density at radius 2 is 1.95 bits per heavy atom. The Morgan fingerprint density at radius 1 is 1.16 bits per heavy atom. The van der Waals surface area contributed by atoms with Crippen molar-refractivity contribution in [2.45, 2.75) is 26.6 Å². The highest BCUT2D eigenvalue weighted by Gasteiger charge is 2.07. The van der Waals surface area contributed by atoms with E-state index in [1.165, 1.54) is 10.1 Å². The van der Waals surface area contributed by atoms with Gasteiger partial charge in [-0.1, -0.05) is 0 Å². The molecule has 1 aromatic heterocycles. The summed E-state index contributed by atoms with van der Waals surface area (Å²) in [5.74, 6) is 0. The van der Waals surface area contributed by atoms with Gasteiger partial charge in [-0.05, 0) is 48.9 Å². The molecule has 0 amide bonds. The lowest BCUT2D eigenvalue weighted by Gasteiger charge is -2.17. The van der Waals surface area contributed by atoms with Crippen LogP contribution in [0.25, 0.3) is 10.1 Å². The molecule has 0 saturated heterocycles.